The third-order valence-electron chi connectivity index (χ3n) is 8.58. The number of aromatic nitrogens is 4. The number of para-hydroxylation sites is 1. The molecule has 1 atom stereocenters. The fourth-order valence-electron chi connectivity index (χ4n) is 5.86. The van der Waals surface area contributed by atoms with Crippen molar-refractivity contribution in [2.45, 2.75) is 35.3 Å². The average Bonchev–Trinajstić information content (AvgIpc) is 3.59. The van der Waals surface area contributed by atoms with E-state index in [1.54, 1.807) is 24.4 Å². The van der Waals surface area contributed by atoms with Crippen LogP contribution in [0.5, 0.6) is 0 Å². The molecule has 1 saturated heterocycles. The molecule has 3 aromatic heterocycles. The van der Waals surface area contributed by atoms with Crippen LogP contribution < -0.4 is 21.1 Å². The molecule has 0 aliphatic carbocycles. The molecule has 6 aromatic rings. The van der Waals surface area contributed by atoms with Crippen molar-refractivity contribution in [3.05, 3.63) is 120 Å². The molecule has 0 amide bonds. The molecule has 244 valence electrons. The molecule has 2 N–H and O–H groups in total. The van der Waals surface area contributed by atoms with Gasteiger partial charge in [0.1, 0.15) is 22.1 Å². The number of likely N-dealkylation sites (tertiary alicyclic amines) is 1. The zero-order chi connectivity index (χ0) is 33.0. The van der Waals surface area contributed by atoms with E-state index in [9.17, 15) is 9.00 Å². The van der Waals surface area contributed by atoms with E-state index in [-0.39, 0.29) is 17.1 Å². The summed E-state index contributed by atoms with van der Waals surface area (Å²) in [5.74, 6) is 0.641. The molecule has 12 heteroatoms. The zero-order valence-corrected chi connectivity index (χ0v) is 27.6. The number of rotatable bonds is 10. The van der Waals surface area contributed by atoms with Crippen LogP contribution in [0.25, 0.3) is 11.0 Å². The minimum Gasteiger partial charge on any atom is -0.445 e. The van der Waals surface area contributed by atoms with Crippen LogP contribution in [0.3, 0.4) is 0 Å². The summed E-state index contributed by atoms with van der Waals surface area (Å²) in [7, 11) is 2.40. The van der Waals surface area contributed by atoms with Gasteiger partial charge in [0.05, 0.1) is 6.54 Å². The van der Waals surface area contributed by atoms with Gasteiger partial charge in [-0.3, -0.25) is 9.36 Å². The van der Waals surface area contributed by atoms with Gasteiger partial charge in [-0.05, 0) is 87.6 Å². The maximum absolute atomic E-state index is 14.3. The lowest BCUT2D eigenvalue weighted by atomic mass is 10.1. The lowest BCUT2D eigenvalue weighted by Crippen LogP contribution is -2.36. The average molecular weight is 661 g/mol. The summed E-state index contributed by atoms with van der Waals surface area (Å²) in [5, 5.41) is 7.83. The largest absolute Gasteiger partial charge is 0.445 e. The van der Waals surface area contributed by atoms with E-state index >= 15 is 0 Å². The fourth-order valence-corrected chi connectivity index (χ4v) is 6.95. The molecule has 11 nitrogen and oxygen atoms in total. The standard InChI is InChI=1S/C36H36N8O3S/c1-42-19-17-28(18-20-42)39-26-13-15-27(16-14-26)40-36-37-22-25-21-31(43(2)29-9-5-3-6-10-29)35(45)44(33(25)41-36)23-32-34(38-24-47-32)48(46)30-11-7-4-8-12-30/h3-16,21-22,24,28,39H,17-20,23H2,1-2H3,(H,37,40,41). The third-order valence-corrected chi connectivity index (χ3v) is 9.97. The first-order valence-corrected chi connectivity index (χ1v) is 17.0. The van der Waals surface area contributed by atoms with Crippen LogP contribution >= 0.6 is 0 Å². The number of fused-ring (bicyclic) bond motifs is 1. The summed E-state index contributed by atoms with van der Waals surface area (Å²) in [6.45, 7) is 2.15. The molecular formula is C36H36N8O3S. The van der Waals surface area contributed by atoms with E-state index < -0.39 is 10.8 Å². The van der Waals surface area contributed by atoms with Crippen molar-refractivity contribution in [1.29, 1.82) is 0 Å². The molecule has 4 heterocycles. The third kappa shape index (κ3) is 6.71. The maximum atomic E-state index is 14.3. The first-order valence-electron chi connectivity index (χ1n) is 15.8. The van der Waals surface area contributed by atoms with Gasteiger partial charge in [-0.25, -0.2) is 14.2 Å². The van der Waals surface area contributed by atoms with Gasteiger partial charge in [-0.1, -0.05) is 36.4 Å². The number of anilines is 5. The van der Waals surface area contributed by atoms with Crippen LogP contribution in [0.1, 0.15) is 18.6 Å². The molecule has 1 fully saturated rings. The Kier molecular flexibility index (Phi) is 8.99. The van der Waals surface area contributed by atoms with Crippen LogP contribution in [0, 0.1) is 0 Å². The van der Waals surface area contributed by atoms with E-state index in [2.05, 4.69) is 32.5 Å². The number of hydrogen-bond acceptors (Lipinski definition) is 10. The second-order valence-electron chi connectivity index (χ2n) is 11.9. The first kappa shape index (κ1) is 31.3. The van der Waals surface area contributed by atoms with Crippen molar-refractivity contribution in [1.82, 2.24) is 24.4 Å². The molecule has 0 saturated carbocycles. The van der Waals surface area contributed by atoms with Crippen LogP contribution in [0.15, 0.2) is 123 Å². The number of oxazole rings is 1. The predicted octanol–water partition coefficient (Wildman–Crippen LogP) is 6.01. The van der Waals surface area contributed by atoms with Crippen LogP contribution in [0.4, 0.5) is 28.7 Å². The topological polar surface area (TPSA) is 121 Å². The Morgan fingerprint density at radius 3 is 2.35 bits per heavy atom. The van der Waals surface area contributed by atoms with Crippen molar-refractivity contribution in [3.63, 3.8) is 0 Å². The monoisotopic (exact) mass is 660 g/mol. The SMILES string of the molecule is CN1CCC(Nc2ccc(Nc3ncc4cc(N(C)c5ccccc5)c(=O)n(Cc5ocnc5S(=O)c5ccccc5)c4n3)cc2)CC1. The molecule has 1 aliphatic rings. The molecular weight excluding hydrogens is 625 g/mol. The Bertz CT molecular complexity index is 2090. The maximum Gasteiger partial charge on any atom is 0.276 e. The molecule has 1 aliphatic heterocycles. The van der Waals surface area contributed by atoms with E-state index in [1.165, 1.54) is 11.0 Å². The molecule has 7 rings (SSSR count). The molecule has 0 bridgehead atoms. The van der Waals surface area contributed by atoms with E-state index in [1.807, 2.05) is 84.7 Å². The minimum absolute atomic E-state index is 0.0342. The van der Waals surface area contributed by atoms with Crippen LogP contribution in [-0.2, 0) is 17.3 Å². The van der Waals surface area contributed by atoms with Crippen molar-refractivity contribution in [3.8, 4) is 0 Å². The lowest BCUT2D eigenvalue weighted by Gasteiger charge is -2.30. The van der Waals surface area contributed by atoms with Crippen molar-refractivity contribution in [2.75, 3.05) is 42.7 Å². The van der Waals surface area contributed by atoms with Gasteiger partial charge in [0.25, 0.3) is 5.56 Å². The zero-order valence-electron chi connectivity index (χ0n) is 26.7. The van der Waals surface area contributed by atoms with E-state index in [0.29, 0.717) is 39.4 Å². The quantitative estimate of drug-likeness (QED) is 0.181. The normalized spacial score (nSPS) is 14.5. The molecule has 0 radical (unpaired) electrons. The molecule has 3 aromatic carbocycles. The summed E-state index contributed by atoms with van der Waals surface area (Å²) in [6.07, 6.45) is 5.18. The lowest BCUT2D eigenvalue weighted by molar-refractivity contribution is 0.264. The predicted molar refractivity (Wildman–Crippen MR) is 189 cm³/mol. The van der Waals surface area contributed by atoms with Gasteiger partial charge in [0, 0.05) is 46.6 Å². The molecule has 48 heavy (non-hydrogen) atoms. The van der Waals surface area contributed by atoms with Crippen molar-refractivity contribution >= 4 is 50.5 Å². The van der Waals surface area contributed by atoms with Crippen LogP contribution in [0.2, 0.25) is 0 Å². The highest BCUT2D eigenvalue weighted by molar-refractivity contribution is 7.85. The summed E-state index contributed by atoms with van der Waals surface area (Å²) in [6, 6.07) is 29.0. The highest BCUT2D eigenvalue weighted by atomic mass is 32.2. The summed E-state index contributed by atoms with van der Waals surface area (Å²) < 4.78 is 20.8. The Balaban J connectivity index is 1.22. The number of nitrogens with zero attached hydrogens (tertiary/aromatic N) is 6. The van der Waals surface area contributed by atoms with Gasteiger partial charge in [0.15, 0.2) is 17.2 Å². The Hall–Kier alpha value is -5.33. The van der Waals surface area contributed by atoms with Gasteiger partial charge in [0.2, 0.25) is 5.95 Å². The summed E-state index contributed by atoms with van der Waals surface area (Å²) >= 11 is 0. The highest BCUT2D eigenvalue weighted by Crippen LogP contribution is 2.27. The summed E-state index contributed by atoms with van der Waals surface area (Å²) in [4.78, 5) is 32.7. The second-order valence-corrected chi connectivity index (χ2v) is 13.3. The van der Waals surface area contributed by atoms with Gasteiger partial charge < -0.3 is 24.9 Å². The van der Waals surface area contributed by atoms with Crippen molar-refractivity contribution in [2.24, 2.45) is 0 Å². The minimum atomic E-state index is -1.61. The van der Waals surface area contributed by atoms with Crippen molar-refractivity contribution < 1.29 is 8.63 Å². The number of benzene rings is 3. The first-order chi connectivity index (χ1) is 23.4. The Morgan fingerprint density at radius 2 is 1.62 bits per heavy atom. The number of piperidine rings is 1. The van der Waals surface area contributed by atoms with Gasteiger partial charge in [-0.15, -0.1) is 0 Å². The number of hydrogen-bond donors (Lipinski definition) is 2. The Morgan fingerprint density at radius 1 is 0.938 bits per heavy atom. The summed E-state index contributed by atoms with van der Waals surface area (Å²) in [5.41, 5.74) is 3.25. The highest BCUT2D eigenvalue weighted by Gasteiger charge is 2.22. The van der Waals surface area contributed by atoms with Crippen LogP contribution in [-0.4, -0.2) is 61.9 Å². The van der Waals surface area contributed by atoms with Gasteiger partial charge >= 0.3 is 0 Å². The fraction of sp³-hybridized carbons (Fsp3) is 0.222. The molecule has 1 unspecified atom stereocenters. The Labute approximate surface area is 280 Å². The van der Waals surface area contributed by atoms with E-state index in [0.717, 1.165) is 43.0 Å². The smallest absolute Gasteiger partial charge is 0.276 e. The van der Waals surface area contributed by atoms with E-state index in [4.69, 9.17) is 9.40 Å². The van der Waals surface area contributed by atoms with Gasteiger partial charge in [-0.2, -0.15) is 4.98 Å². The molecule has 0 spiro atoms. The number of pyridine rings is 1. The second kappa shape index (κ2) is 13.8. The number of nitrogens with one attached hydrogen (secondary N) is 2.